The number of carboxylic acid groups (broad SMARTS) is 1. The van der Waals surface area contributed by atoms with Crippen LogP contribution in [0.1, 0.15) is 30.5 Å². The molecule has 1 saturated heterocycles. The molecule has 4 heteroatoms. The Hall–Kier alpha value is -1.42. The molecule has 2 rings (SSSR count). The van der Waals surface area contributed by atoms with Crippen molar-refractivity contribution in [2.24, 2.45) is 5.92 Å². The van der Waals surface area contributed by atoms with E-state index in [0.717, 1.165) is 38.2 Å². The van der Waals surface area contributed by atoms with Crippen LogP contribution in [0, 0.1) is 12.8 Å². The average Bonchev–Trinajstić information content (AvgIpc) is 2.34. The monoisotopic (exact) mass is 248 g/mol. The third-order valence-electron chi connectivity index (χ3n) is 3.55. The normalized spacial score (nSPS) is 17.8. The van der Waals surface area contributed by atoms with Gasteiger partial charge in [0.05, 0.1) is 0 Å². The second-order valence-corrected chi connectivity index (χ2v) is 5.13. The van der Waals surface area contributed by atoms with Gasteiger partial charge in [-0.15, -0.1) is 0 Å². The summed E-state index contributed by atoms with van der Waals surface area (Å²) in [5, 5.41) is 8.77. The molecule has 98 valence electrons. The summed E-state index contributed by atoms with van der Waals surface area (Å²) < 4.78 is 0. The molecule has 0 radical (unpaired) electrons. The van der Waals surface area contributed by atoms with Gasteiger partial charge in [0.1, 0.15) is 0 Å². The van der Waals surface area contributed by atoms with Gasteiger partial charge in [-0.1, -0.05) is 6.07 Å². The first-order chi connectivity index (χ1) is 8.63. The van der Waals surface area contributed by atoms with Gasteiger partial charge in [0.25, 0.3) is 0 Å². The van der Waals surface area contributed by atoms with E-state index < -0.39 is 5.97 Å². The van der Waals surface area contributed by atoms with Crippen LogP contribution in [-0.4, -0.2) is 34.0 Å². The molecule has 18 heavy (non-hydrogen) atoms. The molecular weight excluding hydrogens is 228 g/mol. The van der Waals surface area contributed by atoms with Crippen molar-refractivity contribution in [3.8, 4) is 0 Å². The lowest BCUT2D eigenvalue weighted by Crippen LogP contribution is -2.33. The van der Waals surface area contributed by atoms with Gasteiger partial charge < -0.3 is 5.11 Å². The zero-order valence-corrected chi connectivity index (χ0v) is 10.8. The van der Waals surface area contributed by atoms with E-state index in [-0.39, 0.29) is 0 Å². The summed E-state index contributed by atoms with van der Waals surface area (Å²) >= 11 is 0. The van der Waals surface area contributed by atoms with E-state index in [4.69, 9.17) is 5.11 Å². The molecular formula is C14H20N2O2. The molecule has 1 aliphatic rings. The summed E-state index contributed by atoms with van der Waals surface area (Å²) in [6.07, 6.45) is 4.23. The molecule has 0 spiro atoms. The third-order valence-corrected chi connectivity index (χ3v) is 3.55. The summed E-state index contributed by atoms with van der Waals surface area (Å²) in [4.78, 5) is 17.3. The van der Waals surface area contributed by atoms with Crippen molar-refractivity contribution >= 4 is 5.97 Å². The van der Waals surface area contributed by atoms with E-state index in [1.54, 1.807) is 0 Å². The zero-order valence-electron chi connectivity index (χ0n) is 10.8. The number of pyridine rings is 1. The highest BCUT2D eigenvalue weighted by atomic mass is 16.4. The molecule has 1 fully saturated rings. The smallest absolute Gasteiger partial charge is 0.303 e. The van der Waals surface area contributed by atoms with Gasteiger partial charge >= 0.3 is 5.97 Å². The van der Waals surface area contributed by atoms with Crippen molar-refractivity contribution in [2.75, 3.05) is 13.1 Å². The molecule has 0 bridgehead atoms. The maximum absolute atomic E-state index is 10.7. The third kappa shape index (κ3) is 3.81. The summed E-state index contributed by atoms with van der Waals surface area (Å²) in [5.41, 5.74) is 2.27. The Kier molecular flexibility index (Phi) is 4.31. The maximum Gasteiger partial charge on any atom is 0.303 e. The number of aliphatic carboxylic acids is 1. The van der Waals surface area contributed by atoms with Gasteiger partial charge in [-0.25, -0.2) is 0 Å². The molecule has 2 heterocycles. The van der Waals surface area contributed by atoms with Crippen LogP contribution in [0.2, 0.25) is 0 Å². The highest BCUT2D eigenvalue weighted by molar-refractivity contribution is 5.67. The minimum atomic E-state index is -0.670. The fourth-order valence-corrected chi connectivity index (χ4v) is 2.45. The summed E-state index contributed by atoms with van der Waals surface area (Å²) in [7, 11) is 0. The van der Waals surface area contributed by atoms with E-state index in [1.165, 1.54) is 5.56 Å². The van der Waals surface area contributed by atoms with Crippen molar-refractivity contribution in [1.82, 2.24) is 9.88 Å². The first-order valence-corrected chi connectivity index (χ1v) is 6.49. The van der Waals surface area contributed by atoms with Crippen molar-refractivity contribution in [3.05, 3.63) is 29.6 Å². The zero-order chi connectivity index (χ0) is 13.0. The van der Waals surface area contributed by atoms with Crippen molar-refractivity contribution < 1.29 is 9.90 Å². The van der Waals surface area contributed by atoms with Crippen LogP contribution in [0.15, 0.2) is 18.3 Å². The lowest BCUT2D eigenvalue weighted by Gasteiger charge is -2.31. The Morgan fingerprint density at radius 1 is 1.44 bits per heavy atom. The second-order valence-electron chi connectivity index (χ2n) is 5.13. The Bertz CT molecular complexity index is 395. The highest BCUT2D eigenvalue weighted by Gasteiger charge is 2.21. The Morgan fingerprint density at radius 2 is 2.17 bits per heavy atom. The lowest BCUT2D eigenvalue weighted by molar-refractivity contribution is -0.138. The topological polar surface area (TPSA) is 53.4 Å². The molecule has 1 N–H and O–H groups in total. The number of aryl methyl sites for hydroxylation is 1. The van der Waals surface area contributed by atoms with Crippen LogP contribution in [0.3, 0.4) is 0 Å². The molecule has 1 aromatic rings. The standard InChI is InChI=1S/C14H20N2O2/c1-11-2-3-13(9-15-11)10-16-6-4-12(5-7-16)8-14(17)18/h2-3,9,12H,4-8,10H2,1H3,(H,17,18). The van der Waals surface area contributed by atoms with Gasteiger partial charge in [-0.3, -0.25) is 14.7 Å². The van der Waals surface area contributed by atoms with Gasteiger partial charge in [0.2, 0.25) is 0 Å². The molecule has 4 nitrogen and oxygen atoms in total. The first-order valence-electron chi connectivity index (χ1n) is 6.49. The summed E-state index contributed by atoms with van der Waals surface area (Å²) in [6, 6.07) is 4.15. The number of aromatic nitrogens is 1. The van der Waals surface area contributed by atoms with Gasteiger partial charge in [0.15, 0.2) is 0 Å². The SMILES string of the molecule is Cc1ccc(CN2CCC(CC(=O)O)CC2)cn1. The van der Waals surface area contributed by atoms with Crippen LogP contribution in [0.5, 0.6) is 0 Å². The average molecular weight is 248 g/mol. The number of piperidine rings is 1. The number of likely N-dealkylation sites (tertiary alicyclic amines) is 1. The molecule has 1 aromatic heterocycles. The highest BCUT2D eigenvalue weighted by Crippen LogP contribution is 2.21. The van der Waals surface area contributed by atoms with Crippen molar-refractivity contribution in [3.63, 3.8) is 0 Å². The van der Waals surface area contributed by atoms with Crippen LogP contribution in [0.25, 0.3) is 0 Å². The van der Waals surface area contributed by atoms with Gasteiger partial charge in [-0.05, 0) is 50.4 Å². The fourth-order valence-electron chi connectivity index (χ4n) is 2.45. The van der Waals surface area contributed by atoms with Gasteiger partial charge in [-0.2, -0.15) is 0 Å². The van der Waals surface area contributed by atoms with Crippen molar-refractivity contribution in [2.45, 2.75) is 32.7 Å². The second kappa shape index (κ2) is 5.96. The number of carboxylic acids is 1. The van der Waals surface area contributed by atoms with Crippen molar-refractivity contribution in [1.29, 1.82) is 0 Å². The van der Waals surface area contributed by atoms with E-state index >= 15 is 0 Å². The van der Waals surface area contributed by atoms with Crippen LogP contribution in [0.4, 0.5) is 0 Å². The van der Waals surface area contributed by atoms with E-state index in [2.05, 4.69) is 16.0 Å². The predicted octanol–water partition coefficient (Wildman–Crippen LogP) is 2.08. The molecule has 0 unspecified atom stereocenters. The Morgan fingerprint density at radius 3 is 2.72 bits per heavy atom. The molecule has 0 aromatic carbocycles. The van der Waals surface area contributed by atoms with Crippen LogP contribution in [-0.2, 0) is 11.3 Å². The minimum Gasteiger partial charge on any atom is -0.481 e. The number of hydrogen-bond acceptors (Lipinski definition) is 3. The first kappa shape index (κ1) is 13.0. The van der Waals surface area contributed by atoms with Gasteiger partial charge in [0, 0.05) is 24.9 Å². The number of carbonyl (C=O) groups is 1. The number of nitrogens with zero attached hydrogens (tertiary/aromatic N) is 2. The van der Waals surface area contributed by atoms with E-state index in [1.807, 2.05) is 19.2 Å². The molecule has 0 saturated carbocycles. The van der Waals surface area contributed by atoms with Crippen LogP contribution < -0.4 is 0 Å². The minimum absolute atomic E-state index is 0.319. The quantitative estimate of drug-likeness (QED) is 0.886. The molecule has 1 aliphatic heterocycles. The lowest BCUT2D eigenvalue weighted by atomic mass is 9.93. The Balaban J connectivity index is 1.79. The van der Waals surface area contributed by atoms with Crippen LogP contribution >= 0.6 is 0 Å². The number of rotatable bonds is 4. The molecule has 0 amide bonds. The Labute approximate surface area is 108 Å². The summed E-state index contributed by atoms with van der Waals surface area (Å²) in [6.45, 7) is 4.89. The summed E-state index contributed by atoms with van der Waals surface area (Å²) in [5.74, 6) is -0.314. The largest absolute Gasteiger partial charge is 0.481 e. The van der Waals surface area contributed by atoms with E-state index in [9.17, 15) is 4.79 Å². The maximum atomic E-state index is 10.7. The predicted molar refractivity (Wildman–Crippen MR) is 69.2 cm³/mol. The molecule has 0 aliphatic carbocycles. The molecule has 0 atom stereocenters. The fraction of sp³-hybridized carbons (Fsp3) is 0.571. The number of hydrogen-bond donors (Lipinski definition) is 1. The van der Waals surface area contributed by atoms with E-state index in [0.29, 0.717) is 12.3 Å².